The van der Waals surface area contributed by atoms with Crippen LogP contribution in [0, 0.1) is 5.41 Å². The van der Waals surface area contributed by atoms with Gasteiger partial charge in [0, 0.05) is 31.5 Å². The minimum Gasteiger partial charge on any atom is -0.474 e. The molecule has 6 rings (SSSR count). The van der Waals surface area contributed by atoms with E-state index in [9.17, 15) is 9.59 Å². The lowest BCUT2D eigenvalue weighted by Crippen LogP contribution is -2.60. The maximum absolute atomic E-state index is 12.2. The van der Waals surface area contributed by atoms with Gasteiger partial charge in [-0.1, -0.05) is 6.07 Å². The summed E-state index contributed by atoms with van der Waals surface area (Å²) in [5, 5.41) is 4.63. The highest BCUT2D eigenvalue weighted by Crippen LogP contribution is 2.58. The van der Waals surface area contributed by atoms with Gasteiger partial charge in [0.25, 0.3) is 11.8 Å². The molecule has 3 fully saturated rings. The molecule has 3 aliphatic rings. The number of hydrogen-bond donors (Lipinski definition) is 2. The van der Waals surface area contributed by atoms with E-state index in [0.717, 1.165) is 32.2 Å². The molecular formula is C25H28N6O4. The van der Waals surface area contributed by atoms with E-state index >= 15 is 0 Å². The number of morpholine rings is 1. The number of ether oxygens (including phenoxy) is 2. The second kappa shape index (κ2) is 8.31. The van der Waals surface area contributed by atoms with Crippen molar-refractivity contribution in [3.8, 4) is 5.88 Å². The molecule has 3 aromatic heterocycles. The Balaban J connectivity index is 1.08. The van der Waals surface area contributed by atoms with E-state index in [0.29, 0.717) is 47.4 Å². The van der Waals surface area contributed by atoms with Gasteiger partial charge < -0.3 is 20.9 Å². The fourth-order valence-electron chi connectivity index (χ4n) is 6.01. The Kier molecular flexibility index (Phi) is 5.23. The summed E-state index contributed by atoms with van der Waals surface area (Å²) in [6, 6.07) is 9.37. The minimum absolute atomic E-state index is 0.0532. The van der Waals surface area contributed by atoms with Gasteiger partial charge >= 0.3 is 0 Å². The number of rotatable bonds is 6. The lowest BCUT2D eigenvalue weighted by molar-refractivity contribution is -0.138. The molecule has 182 valence electrons. The number of primary amides is 2. The number of fused-ring (bicyclic) bond motifs is 1. The predicted molar refractivity (Wildman–Crippen MR) is 126 cm³/mol. The Labute approximate surface area is 202 Å². The molecule has 1 spiro atoms. The molecule has 0 bridgehead atoms. The number of nitrogens with zero attached hydrogens (tertiary/aromatic N) is 4. The number of amides is 2. The van der Waals surface area contributed by atoms with Gasteiger partial charge in [-0.2, -0.15) is 5.10 Å². The molecule has 1 saturated heterocycles. The van der Waals surface area contributed by atoms with E-state index in [4.69, 9.17) is 20.9 Å². The Morgan fingerprint density at radius 3 is 2.69 bits per heavy atom. The first-order chi connectivity index (χ1) is 16.9. The number of hydrogen-bond acceptors (Lipinski definition) is 7. The van der Waals surface area contributed by atoms with Crippen LogP contribution >= 0.6 is 0 Å². The van der Waals surface area contributed by atoms with Crippen molar-refractivity contribution in [2.45, 2.75) is 43.9 Å². The van der Waals surface area contributed by atoms with Crippen LogP contribution in [0.15, 0.2) is 42.7 Å². The summed E-state index contributed by atoms with van der Waals surface area (Å²) in [4.78, 5) is 30.5. The molecule has 4 N–H and O–H groups in total. The van der Waals surface area contributed by atoms with Gasteiger partial charge in [0.15, 0.2) is 0 Å². The van der Waals surface area contributed by atoms with Crippen molar-refractivity contribution in [2.75, 3.05) is 19.7 Å². The smallest absolute Gasteiger partial charge is 0.254 e. The van der Waals surface area contributed by atoms with E-state index in [1.165, 1.54) is 0 Å². The van der Waals surface area contributed by atoms with Crippen LogP contribution in [0.4, 0.5) is 0 Å². The first-order valence-corrected chi connectivity index (χ1v) is 12.0. The highest BCUT2D eigenvalue weighted by atomic mass is 16.5. The normalized spacial score (nSPS) is 28.4. The van der Waals surface area contributed by atoms with Gasteiger partial charge in [0.1, 0.15) is 23.5 Å². The molecule has 1 unspecified atom stereocenters. The van der Waals surface area contributed by atoms with Gasteiger partial charge in [-0.15, -0.1) is 0 Å². The van der Waals surface area contributed by atoms with E-state index in [1.54, 1.807) is 22.8 Å². The number of carbonyl (C=O) groups excluding carboxylic acids is 2. The zero-order valence-electron chi connectivity index (χ0n) is 19.3. The number of aromatic nitrogens is 3. The van der Waals surface area contributed by atoms with Gasteiger partial charge in [0.05, 0.1) is 17.7 Å². The van der Waals surface area contributed by atoms with Crippen LogP contribution in [0.3, 0.4) is 0 Å². The number of carbonyl (C=O) groups is 2. The fraction of sp³-hybridized carbons (Fsp3) is 0.440. The third kappa shape index (κ3) is 3.82. The van der Waals surface area contributed by atoms with Crippen LogP contribution in [0.1, 0.15) is 58.2 Å². The molecule has 10 heteroatoms. The zero-order chi connectivity index (χ0) is 24.2. The average Bonchev–Trinajstić information content (AvgIpc) is 3.20. The Morgan fingerprint density at radius 1 is 1.09 bits per heavy atom. The maximum Gasteiger partial charge on any atom is 0.254 e. The van der Waals surface area contributed by atoms with Crippen LogP contribution in [-0.2, 0) is 4.74 Å². The molecule has 10 nitrogen and oxygen atoms in total. The monoisotopic (exact) mass is 476 g/mol. The van der Waals surface area contributed by atoms with Gasteiger partial charge in [-0.3, -0.25) is 14.5 Å². The first kappa shape index (κ1) is 22.0. The van der Waals surface area contributed by atoms with Crippen molar-refractivity contribution >= 4 is 17.3 Å². The summed E-state index contributed by atoms with van der Waals surface area (Å²) in [5.74, 6) is -0.695. The van der Waals surface area contributed by atoms with Crippen LogP contribution < -0.4 is 16.2 Å². The first-order valence-electron chi connectivity index (χ1n) is 12.0. The van der Waals surface area contributed by atoms with Crippen LogP contribution in [0.2, 0.25) is 0 Å². The average molecular weight is 477 g/mol. The number of pyridine rings is 2. The SMILES string of the molecule is NC(=O)c1cccnc1OC1CC2(C1)CC(N1CCOC(c3nn4ccccc4c3C(N)=O)C1)C2. The van der Waals surface area contributed by atoms with E-state index < -0.39 is 11.8 Å². The lowest BCUT2D eigenvalue weighted by atomic mass is 9.52. The molecule has 3 aromatic rings. The second-order valence-corrected chi connectivity index (χ2v) is 9.94. The van der Waals surface area contributed by atoms with E-state index in [2.05, 4.69) is 15.0 Å². The summed E-state index contributed by atoms with van der Waals surface area (Å²) in [5.41, 5.74) is 13.5. The fourth-order valence-corrected chi connectivity index (χ4v) is 6.01. The second-order valence-electron chi connectivity index (χ2n) is 9.94. The molecule has 0 aromatic carbocycles. The molecule has 2 saturated carbocycles. The molecule has 1 atom stereocenters. The summed E-state index contributed by atoms with van der Waals surface area (Å²) in [6.45, 7) is 2.12. The topological polar surface area (TPSA) is 138 Å². The molecule has 1 aliphatic heterocycles. The molecule has 2 amide bonds. The third-order valence-electron chi connectivity index (χ3n) is 7.71. The Bertz CT molecular complexity index is 1290. The van der Waals surface area contributed by atoms with Crippen LogP contribution in [0.5, 0.6) is 5.88 Å². The zero-order valence-corrected chi connectivity index (χ0v) is 19.3. The molecule has 35 heavy (non-hydrogen) atoms. The highest BCUT2D eigenvalue weighted by molar-refractivity contribution is 6.01. The Hall–Kier alpha value is -3.50. The summed E-state index contributed by atoms with van der Waals surface area (Å²) in [6.07, 6.45) is 7.27. The maximum atomic E-state index is 12.2. The summed E-state index contributed by atoms with van der Waals surface area (Å²) >= 11 is 0. The van der Waals surface area contributed by atoms with E-state index in [1.807, 2.05) is 24.4 Å². The largest absolute Gasteiger partial charge is 0.474 e. The highest BCUT2D eigenvalue weighted by Gasteiger charge is 2.55. The van der Waals surface area contributed by atoms with Crippen LogP contribution in [0.25, 0.3) is 5.52 Å². The quantitative estimate of drug-likeness (QED) is 0.552. The third-order valence-corrected chi connectivity index (χ3v) is 7.71. The van der Waals surface area contributed by atoms with Gasteiger partial charge in [-0.25, -0.2) is 9.50 Å². The molecule has 2 aliphatic carbocycles. The van der Waals surface area contributed by atoms with Crippen molar-refractivity contribution in [2.24, 2.45) is 16.9 Å². The van der Waals surface area contributed by atoms with Crippen molar-refractivity contribution < 1.29 is 19.1 Å². The molecular weight excluding hydrogens is 448 g/mol. The van der Waals surface area contributed by atoms with Gasteiger partial charge in [0.2, 0.25) is 5.88 Å². The van der Waals surface area contributed by atoms with Crippen LogP contribution in [-0.4, -0.2) is 63.2 Å². The lowest BCUT2D eigenvalue weighted by Gasteiger charge is -2.60. The van der Waals surface area contributed by atoms with Crippen molar-refractivity contribution in [3.63, 3.8) is 0 Å². The minimum atomic E-state index is -0.530. The van der Waals surface area contributed by atoms with Crippen molar-refractivity contribution in [1.29, 1.82) is 0 Å². The van der Waals surface area contributed by atoms with Crippen molar-refractivity contribution in [1.82, 2.24) is 19.5 Å². The number of nitrogens with two attached hydrogens (primary N) is 2. The van der Waals surface area contributed by atoms with Crippen molar-refractivity contribution in [3.05, 3.63) is 59.5 Å². The summed E-state index contributed by atoms with van der Waals surface area (Å²) in [7, 11) is 0. The molecule has 4 heterocycles. The summed E-state index contributed by atoms with van der Waals surface area (Å²) < 4.78 is 13.7. The molecule has 0 radical (unpaired) electrons. The van der Waals surface area contributed by atoms with E-state index in [-0.39, 0.29) is 17.6 Å². The standard InChI is InChI=1S/C25H28N6O4/c26-22(32)17-4-3-6-28-24(17)35-16-12-25(13-16)10-15(11-25)30-8-9-34-19(14-30)21-20(23(27)33)18-5-1-2-7-31(18)29-21/h1-7,15-16,19H,8-14H2,(H2,26,32)(H2,27,33). The predicted octanol–water partition coefficient (Wildman–Crippen LogP) is 1.69. The Morgan fingerprint density at radius 2 is 1.91 bits per heavy atom. The van der Waals surface area contributed by atoms with Gasteiger partial charge in [-0.05, 0) is 55.4 Å².